The van der Waals surface area contributed by atoms with E-state index in [0.29, 0.717) is 25.2 Å². The minimum atomic E-state index is -0.268. The lowest BCUT2D eigenvalue weighted by Gasteiger charge is -2.36. The number of fused-ring (bicyclic) bond motifs is 1. The fourth-order valence-electron chi connectivity index (χ4n) is 3.14. The molecule has 3 rings (SSSR count). The quantitative estimate of drug-likeness (QED) is 0.413. The molecule has 142 valence electrons. The van der Waals surface area contributed by atoms with Gasteiger partial charge in [0.25, 0.3) is 0 Å². The van der Waals surface area contributed by atoms with Gasteiger partial charge in [-0.05, 0) is 25.1 Å². The van der Waals surface area contributed by atoms with Crippen molar-refractivity contribution in [2.45, 2.75) is 20.4 Å². The molecule has 2 heterocycles. The van der Waals surface area contributed by atoms with E-state index in [0.717, 1.165) is 35.8 Å². The van der Waals surface area contributed by atoms with Crippen molar-refractivity contribution in [1.82, 2.24) is 15.1 Å². The van der Waals surface area contributed by atoms with Crippen LogP contribution >= 0.6 is 24.0 Å². The first-order valence-electron chi connectivity index (χ1n) is 8.38. The Balaban J connectivity index is 0.00000243. The molecule has 1 aromatic carbocycles. The van der Waals surface area contributed by atoms with E-state index in [1.54, 1.807) is 20.0 Å². The molecule has 1 saturated heterocycles. The molecular formula is C18H24FIN4O2. The van der Waals surface area contributed by atoms with Gasteiger partial charge in [-0.1, -0.05) is 0 Å². The molecule has 8 heteroatoms. The van der Waals surface area contributed by atoms with Crippen LogP contribution in [0.25, 0.3) is 11.0 Å². The van der Waals surface area contributed by atoms with Gasteiger partial charge >= 0.3 is 0 Å². The summed E-state index contributed by atoms with van der Waals surface area (Å²) in [7, 11) is 1.74. The second-order valence-electron chi connectivity index (χ2n) is 6.18. The van der Waals surface area contributed by atoms with E-state index >= 15 is 0 Å². The van der Waals surface area contributed by atoms with E-state index < -0.39 is 0 Å². The second-order valence-corrected chi connectivity index (χ2v) is 6.18. The van der Waals surface area contributed by atoms with E-state index in [1.807, 2.05) is 11.8 Å². The summed E-state index contributed by atoms with van der Waals surface area (Å²) in [6.07, 6.45) is 0. The Hall–Kier alpha value is -1.84. The van der Waals surface area contributed by atoms with Crippen molar-refractivity contribution in [2.24, 2.45) is 4.99 Å². The number of rotatable bonds is 2. The van der Waals surface area contributed by atoms with Crippen molar-refractivity contribution in [2.75, 3.05) is 33.2 Å². The highest BCUT2D eigenvalue weighted by atomic mass is 127. The zero-order valence-corrected chi connectivity index (χ0v) is 17.5. The number of hydrogen-bond acceptors (Lipinski definition) is 3. The van der Waals surface area contributed by atoms with E-state index in [4.69, 9.17) is 4.42 Å². The van der Waals surface area contributed by atoms with E-state index in [1.165, 1.54) is 12.1 Å². The molecule has 0 aliphatic carbocycles. The average molecular weight is 474 g/mol. The number of nitrogens with zero attached hydrogens (tertiary/aromatic N) is 3. The molecule has 26 heavy (non-hydrogen) atoms. The Morgan fingerprint density at radius 1 is 1.27 bits per heavy atom. The molecule has 0 unspecified atom stereocenters. The van der Waals surface area contributed by atoms with Crippen LogP contribution in [0, 0.1) is 12.7 Å². The monoisotopic (exact) mass is 474 g/mol. The minimum Gasteiger partial charge on any atom is -0.459 e. The van der Waals surface area contributed by atoms with E-state index in [-0.39, 0.29) is 35.7 Å². The third-order valence-corrected chi connectivity index (χ3v) is 4.64. The Morgan fingerprint density at radius 2 is 1.92 bits per heavy atom. The first-order chi connectivity index (χ1) is 12.0. The Kier molecular flexibility index (Phi) is 6.85. The first kappa shape index (κ1) is 20.5. The number of aliphatic imine (C=N–C) groups is 1. The third kappa shape index (κ3) is 4.28. The molecule has 1 amide bonds. The molecule has 0 spiro atoms. The fourth-order valence-corrected chi connectivity index (χ4v) is 3.14. The molecule has 0 radical (unpaired) electrons. The van der Waals surface area contributed by atoms with Crippen LogP contribution in [0.4, 0.5) is 4.39 Å². The number of guanidine groups is 1. The highest BCUT2D eigenvalue weighted by molar-refractivity contribution is 14.0. The summed E-state index contributed by atoms with van der Waals surface area (Å²) in [5, 5.41) is 4.09. The number of piperazine rings is 1. The molecule has 6 nitrogen and oxygen atoms in total. The van der Waals surface area contributed by atoms with Crippen LogP contribution in [0.5, 0.6) is 0 Å². The highest BCUT2D eigenvalue weighted by Crippen LogP contribution is 2.25. The number of furan rings is 1. The standard InChI is InChI=1S/C18H23FN4O2.HI/c1-12-15-10-14(19)4-5-16(15)25-17(12)11-21-18(20-3)23-8-6-22(7-9-23)13(2)24;/h4-5,10H,6-9,11H2,1-3H3,(H,20,21);1H. The first-order valence-corrected chi connectivity index (χ1v) is 8.38. The third-order valence-electron chi connectivity index (χ3n) is 4.64. The molecule has 1 N–H and O–H groups in total. The van der Waals surface area contributed by atoms with Gasteiger partial charge in [0.15, 0.2) is 5.96 Å². The summed E-state index contributed by atoms with van der Waals surface area (Å²) >= 11 is 0. The number of amides is 1. The zero-order valence-electron chi connectivity index (χ0n) is 15.2. The van der Waals surface area contributed by atoms with Crippen molar-refractivity contribution in [3.8, 4) is 0 Å². The van der Waals surface area contributed by atoms with Crippen molar-refractivity contribution in [1.29, 1.82) is 0 Å². The molecule has 2 aromatic rings. The lowest BCUT2D eigenvalue weighted by Crippen LogP contribution is -2.53. The predicted molar refractivity (Wildman–Crippen MR) is 110 cm³/mol. The molecular weight excluding hydrogens is 450 g/mol. The second kappa shape index (κ2) is 8.70. The molecule has 1 fully saturated rings. The highest BCUT2D eigenvalue weighted by Gasteiger charge is 2.21. The van der Waals surface area contributed by atoms with Gasteiger partial charge in [-0.2, -0.15) is 0 Å². The Bertz CT molecular complexity index is 813. The fraction of sp³-hybridized carbons (Fsp3) is 0.444. The maximum atomic E-state index is 13.4. The maximum absolute atomic E-state index is 13.4. The molecule has 1 aliphatic rings. The van der Waals surface area contributed by atoms with Gasteiger partial charge < -0.3 is 19.5 Å². The van der Waals surface area contributed by atoms with Crippen molar-refractivity contribution < 1.29 is 13.6 Å². The van der Waals surface area contributed by atoms with Crippen LogP contribution in [-0.4, -0.2) is 54.9 Å². The Labute approximate surface area is 169 Å². The normalized spacial score (nSPS) is 15.2. The van der Waals surface area contributed by atoms with Gasteiger partial charge in [-0.25, -0.2) is 4.39 Å². The smallest absolute Gasteiger partial charge is 0.219 e. The van der Waals surface area contributed by atoms with Gasteiger partial charge in [0.05, 0.1) is 6.54 Å². The summed E-state index contributed by atoms with van der Waals surface area (Å²) < 4.78 is 19.2. The number of hydrogen-bond donors (Lipinski definition) is 1. The van der Waals surface area contributed by atoms with Crippen LogP contribution in [0.15, 0.2) is 27.6 Å². The SMILES string of the molecule is CN=C(NCc1oc2ccc(F)cc2c1C)N1CCN(C(C)=O)CC1.I. The zero-order chi connectivity index (χ0) is 18.0. The molecule has 1 aliphatic heterocycles. The number of carbonyl (C=O) groups excluding carboxylic acids is 1. The number of halogens is 2. The number of benzene rings is 1. The summed E-state index contributed by atoms with van der Waals surface area (Å²) in [4.78, 5) is 19.7. The Morgan fingerprint density at radius 3 is 2.54 bits per heavy atom. The van der Waals surface area contributed by atoms with Gasteiger partial charge in [0.2, 0.25) is 5.91 Å². The molecule has 0 saturated carbocycles. The lowest BCUT2D eigenvalue weighted by atomic mass is 10.1. The largest absolute Gasteiger partial charge is 0.459 e. The summed E-state index contributed by atoms with van der Waals surface area (Å²) in [5.41, 5.74) is 1.61. The van der Waals surface area contributed by atoms with Crippen molar-refractivity contribution in [3.63, 3.8) is 0 Å². The van der Waals surface area contributed by atoms with Crippen LogP contribution in [0.1, 0.15) is 18.2 Å². The van der Waals surface area contributed by atoms with Crippen LogP contribution < -0.4 is 5.32 Å². The van der Waals surface area contributed by atoms with Gasteiger partial charge in [-0.15, -0.1) is 24.0 Å². The minimum absolute atomic E-state index is 0. The van der Waals surface area contributed by atoms with E-state index in [9.17, 15) is 9.18 Å². The van der Waals surface area contributed by atoms with Crippen molar-refractivity contribution >= 4 is 46.8 Å². The van der Waals surface area contributed by atoms with Gasteiger partial charge in [0.1, 0.15) is 17.2 Å². The number of aryl methyl sites for hydroxylation is 1. The summed E-state index contributed by atoms with van der Waals surface area (Å²) in [6.45, 7) is 6.86. The molecule has 0 bridgehead atoms. The van der Waals surface area contributed by atoms with Gasteiger partial charge in [0, 0.05) is 51.1 Å². The lowest BCUT2D eigenvalue weighted by molar-refractivity contribution is -0.130. The molecule has 0 atom stereocenters. The summed E-state index contributed by atoms with van der Waals surface area (Å²) in [6, 6.07) is 4.54. The molecule has 1 aromatic heterocycles. The van der Waals surface area contributed by atoms with E-state index in [2.05, 4.69) is 15.2 Å². The van der Waals surface area contributed by atoms with Gasteiger partial charge in [-0.3, -0.25) is 9.79 Å². The maximum Gasteiger partial charge on any atom is 0.219 e. The average Bonchev–Trinajstić information content (AvgIpc) is 2.92. The predicted octanol–water partition coefficient (Wildman–Crippen LogP) is 2.74. The topological polar surface area (TPSA) is 61.1 Å². The van der Waals surface area contributed by atoms with Crippen LogP contribution in [0.2, 0.25) is 0 Å². The van der Waals surface area contributed by atoms with Crippen LogP contribution in [-0.2, 0) is 11.3 Å². The van der Waals surface area contributed by atoms with Crippen LogP contribution in [0.3, 0.4) is 0 Å². The number of nitrogens with one attached hydrogen (secondary N) is 1. The number of carbonyl (C=O) groups is 1. The van der Waals surface area contributed by atoms with Crippen molar-refractivity contribution in [3.05, 3.63) is 35.3 Å². The summed E-state index contributed by atoms with van der Waals surface area (Å²) in [5.74, 6) is 1.38.